The predicted octanol–water partition coefficient (Wildman–Crippen LogP) is 1.02. The van der Waals surface area contributed by atoms with E-state index in [0.717, 1.165) is 6.20 Å². The van der Waals surface area contributed by atoms with Crippen LogP contribution in [0.2, 0.25) is 0 Å². The maximum Gasteiger partial charge on any atom is 0.288 e. The van der Waals surface area contributed by atoms with E-state index in [1.807, 2.05) is 0 Å². The number of anilines is 1. The van der Waals surface area contributed by atoms with Crippen molar-refractivity contribution in [3.05, 3.63) is 51.2 Å². The van der Waals surface area contributed by atoms with Crippen LogP contribution in [0.5, 0.6) is 0 Å². The Labute approximate surface area is 142 Å². The number of nitrogens with one attached hydrogen (secondary N) is 1. The van der Waals surface area contributed by atoms with Gasteiger partial charge in [-0.15, -0.1) is 0 Å². The fourth-order valence-corrected chi connectivity index (χ4v) is 2.65. The van der Waals surface area contributed by atoms with Gasteiger partial charge in [-0.1, -0.05) is 0 Å². The number of aromatic nitrogens is 3. The second-order valence-corrected chi connectivity index (χ2v) is 5.89. The van der Waals surface area contributed by atoms with Gasteiger partial charge < -0.3 is 9.80 Å². The van der Waals surface area contributed by atoms with Crippen LogP contribution in [-0.4, -0.2) is 51.9 Å². The second-order valence-electron chi connectivity index (χ2n) is 5.89. The van der Waals surface area contributed by atoms with Crippen LogP contribution in [0.25, 0.3) is 0 Å². The molecule has 0 aliphatic carbocycles. The van der Waals surface area contributed by atoms with Gasteiger partial charge >= 0.3 is 0 Å². The number of nitrogens with zero attached hydrogens (tertiary/aromatic N) is 4. The molecule has 2 aromatic rings. The zero-order valence-corrected chi connectivity index (χ0v) is 13.8. The van der Waals surface area contributed by atoms with E-state index in [9.17, 15) is 18.4 Å². The number of amides is 1. The summed E-state index contributed by atoms with van der Waals surface area (Å²) in [5.74, 6) is -1.34. The van der Waals surface area contributed by atoms with E-state index in [1.54, 1.807) is 16.7 Å². The van der Waals surface area contributed by atoms with Gasteiger partial charge in [-0.05, 0) is 25.5 Å². The number of hydrogen-bond donors (Lipinski definition) is 1. The Morgan fingerprint density at radius 2 is 1.88 bits per heavy atom. The van der Waals surface area contributed by atoms with Crippen LogP contribution < -0.4 is 10.5 Å². The van der Waals surface area contributed by atoms with E-state index in [1.165, 1.54) is 13.0 Å². The highest BCUT2D eigenvalue weighted by Gasteiger charge is 2.25. The topological polar surface area (TPSA) is 82.2 Å². The number of pyridine rings is 1. The SMILES string of the molecule is Cc1cc(C(=O)N2CCN(c3nc(C)c(F)c(=O)[nH]3)CC2)ncc1F. The van der Waals surface area contributed by atoms with Crippen molar-refractivity contribution in [3.8, 4) is 0 Å². The molecule has 1 amide bonds. The number of aromatic amines is 1. The van der Waals surface area contributed by atoms with Gasteiger partial charge in [0.05, 0.1) is 11.9 Å². The molecule has 0 aromatic carbocycles. The average molecular weight is 349 g/mol. The fourth-order valence-electron chi connectivity index (χ4n) is 2.65. The normalized spacial score (nSPS) is 14.7. The van der Waals surface area contributed by atoms with Gasteiger partial charge in [-0.3, -0.25) is 14.6 Å². The number of piperazine rings is 1. The minimum Gasteiger partial charge on any atom is -0.339 e. The maximum absolute atomic E-state index is 13.4. The lowest BCUT2D eigenvalue weighted by Crippen LogP contribution is -2.49. The van der Waals surface area contributed by atoms with Gasteiger partial charge in [0.1, 0.15) is 11.5 Å². The Morgan fingerprint density at radius 3 is 2.48 bits per heavy atom. The number of H-pyrrole nitrogens is 1. The number of carbonyl (C=O) groups excluding carboxylic acids is 1. The van der Waals surface area contributed by atoms with Gasteiger partial charge in [0.15, 0.2) is 0 Å². The third-order valence-electron chi connectivity index (χ3n) is 4.15. The first-order valence-electron chi connectivity index (χ1n) is 7.79. The van der Waals surface area contributed by atoms with Crippen molar-refractivity contribution in [2.75, 3.05) is 31.1 Å². The summed E-state index contributed by atoms with van der Waals surface area (Å²) >= 11 is 0. The molecule has 25 heavy (non-hydrogen) atoms. The van der Waals surface area contributed by atoms with Crippen molar-refractivity contribution in [3.63, 3.8) is 0 Å². The zero-order valence-electron chi connectivity index (χ0n) is 13.8. The lowest BCUT2D eigenvalue weighted by Gasteiger charge is -2.34. The van der Waals surface area contributed by atoms with Crippen molar-refractivity contribution < 1.29 is 13.6 Å². The quantitative estimate of drug-likeness (QED) is 0.875. The highest BCUT2D eigenvalue weighted by atomic mass is 19.1. The number of rotatable bonds is 2. The molecule has 9 heteroatoms. The minimum absolute atomic E-state index is 0.0308. The van der Waals surface area contributed by atoms with Gasteiger partial charge in [0.25, 0.3) is 11.5 Å². The van der Waals surface area contributed by atoms with Crippen LogP contribution in [-0.2, 0) is 0 Å². The highest BCUT2D eigenvalue weighted by Crippen LogP contribution is 2.14. The summed E-state index contributed by atoms with van der Waals surface area (Å²) in [6, 6.07) is 1.42. The molecule has 0 atom stereocenters. The van der Waals surface area contributed by atoms with E-state index < -0.39 is 17.2 Å². The number of aryl methyl sites for hydroxylation is 2. The third-order valence-corrected chi connectivity index (χ3v) is 4.15. The number of carbonyl (C=O) groups is 1. The van der Waals surface area contributed by atoms with Crippen molar-refractivity contribution in [1.82, 2.24) is 19.9 Å². The van der Waals surface area contributed by atoms with Crippen LogP contribution in [0.15, 0.2) is 17.1 Å². The molecular formula is C16H17F2N5O2. The summed E-state index contributed by atoms with van der Waals surface area (Å²) in [6.45, 7) is 4.63. The van der Waals surface area contributed by atoms with E-state index in [0.29, 0.717) is 31.7 Å². The highest BCUT2D eigenvalue weighted by molar-refractivity contribution is 5.92. The molecule has 0 saturated carbocycles. The summed E-state index contributed by atoms with van der Waals surface area (Å²) < 4.78 is 26.7. The average Bonchev–Trinajstić information content (AvgIpc) is 2.61. The first kappa shape index (κ1) is 17.0. The van der Waals surface area contributed by atoms with Gasteiger partial charge in [-0.2, -0.15) is 4.39 Å². The van der Waals surface area contributed by atoms with Crippen molar-refractivity contribution in [1.29, 1.82) is 0 Å². The van der Waals surface area contributed by atoms with E-state index in [-0.39, 0.29) is 23.2 Å². The van der Waals surface area contributed by atoms with Crippen LogP contribution >= 0.6 is 0 Å². The molecule has 2 aromatic heterocycles. The Kier molecular flexibility index (Phi) is 4.47. The Morgan fingerprint density at radius 1 is 1.20 bits per heavy atom. The van der Waals surface area contributed by atoms with Crippen molar-refractivity contribution in [2.45, 2.75) is 13.8 Å². The largest absolute Gasteiger partial charge is 0.339 e. The first-order chi connectivity index (χ1) is 11.9. The lowest BCUT2D eigenvalue weighted by molar-refractivity contribution is 0.0740. The molecule has 3 rings (SSSR count). The number of halogens is 2. The van der Waals surface area contributed by atoms with Crippen LogP contribution in [0, 0.1) is 25.5 Å². The van der Waals surface area contributed by atoms with Crippen LogP contribution in [0.3, 0.4) is 0 Å². The summed E-state index contributed by atoms with van der Waals surface area (Å²) in [5, 5.41) is 0. The van der Waals surface area contributed by atoms with E-state index in [2.05, 4.69) is 15.0 Å². The summed E-state index contributed by atoms with van der Waals surface area (Å²) in [4.78, 5) is 37.6. The maximum atomic E-state index is 13.4. The molecule has 0 spiro atoms. The molecule has 7 nitrogen and oxygen atoms in total. The molecule has 1 aliphatic rings. The predicted molar refractivity (Wildman–Crippen MR) is 86.6 cm³/mol. The monoisotopic (exact) mass is 349 g/mol. The Balaban J connectivity index is 1.70. The fraction of sp³-hybridized carbons (Fsp3) is 0.375. The zero-order chi connectivity index (χ0) is 18.1. The Hall–Kier alpha value is -2.84. The van der Waals surface area contributed by atoms with E-state index in [4.69, 9.17) is 0 Å². The van der Waals surface area contributed by atoms with Crippen molar-refractivity contribution in [2.24, 2.45) is 0 Å². The molecule has 1 N–H and O–H groups in total. The molecule has 132 valence electrons. The molecule has 0 bridgehead atoms. The number of hydrogen-bond acceptors (Lipinski definition) is 5. The molecular weight excluding hydrogens is 332 g/mol. The summed E-state index contributed by atoms with van der Waals surface area (Å²) in [6.07, 6.45) is 1.04. The van der Waals surface area contributed by atoms with Crippen molar-refractivity contribution >= 4 is 11.9 Å². The van der Waals surface area contributed by atoms with Gasteiger partial charge in [0.2, 0.25) is 11.8 Å². The molecule has 0 radical (unpaired) electrons. The van der Waals surface area contributed by atoms with Gasteiger partial charge in [0, 0.05) is 26.2 Å². The van der Waals surface area contributed by atoms with Crippen LogP contribution in [0.4, 0.5) is 14.7 Å². The van der Waals surface area contributed by atoms with Crippen LogP contribution in [0.1, 0.15) is 21.7 Å². The minimum atomic E-state index is -0.893. The molecule has 1 saturated heterocycles. The molecule has 3 heterocycles. The summed E-state index contributed by atoms with van der Waals surface area (Å²) in [7, 11) is 0. The Bertz CT molecular complexity index is 875. The molecule has 0 unspecified atom stereocenters. The van der Waals surface area contributed by atoms with Gasteiger partial charge in [-0.25, -0.2) is 14.4 Å². The van der Waals surface area contributed by atoms with E-state index >= 15 is 0 Å². The third kappa shape index (κ3) is 3.35. The molecule has 1 aliphatic heterocycles. The standard InChI is InChI=1S/C16H17F2N5O2/c1-9-7-12(19-8-11(9)17)15(25)22-3-5-23(6-4-22)16-20-10(2)13(18)14(24)21-16/h7-8H,3-6H2,1-2H3,(H,20,21,24). The molecule has 1 fully saturated rings. The second kappa shape index (κ2) is 6.58. The smallest absolute Gasteiger partial charge is 0.288 e. The summed E-state index contributed by atoms with van der Waals surface area (Å²) in [5.41, 5.74) is -0.229. The lowest BCUT2D eigenvalue weighted by atomic mass is 10.2. The first-order valence-corrected chi connectivity index (χ1v) is 7.79.